The number of Topliss-reactive ketones (excluding diaryl/α,β-unsaturated/α-hetero) is 1. The first kappa shape index (κ1) is 18.3. The Balaban J connectivity index is 1.73. The largest absolute Gasteiger partial charge is 0.368 e. The van der Waals surface area contributed by atoms with Gasteiger partial charge in [-0.15, -0.1) is 0 Å². The first-order valence-electron chi connectivity index (χ1n) is 9.25. The number of nitrogens with two attached hydrogens (primary N) is 1. The van der Waals surface area contributed by atoms with Gasteiger partial charge in [-0.25, -0.2) is 0 Å². The molecule has 3 unspecified atom stereocenters. The van der Waals surface area contributed by atoms with Gasteiger partial charge < -0.3 is 20.3 Å². The number of ketones is 1. The highest BCUT2D eigenvalue weighted by Crippen LogP contribution is 2.40. The number of fused-ring (bicyclic) bond motifs is 1. The summed E-state index contributed by atoms with van der Waals surface area (Å²) in [7, 11) is 1.56. The maximum absolute atomic E-state index is 12.9. The van der Waals surface area contributed by atoms with Crippen LogP contribution in [0, 0.1) is 5.92 Å². The zero-order chi connectivity index (χ0) is 18.4. The van der Waals surface area contributed by atoms with Crippen molar-refractivity contribution >= 4 is 17.6 Å². The van der Waals surface area contributed by atoms with Crippen LogP contribution in [0.1, 0.15) is 46.0 Å². The van der Waals surface area contributed by atoms with E-state index in [1.807, 2.05) is 13.8 Å². The molecule has 1 aliphatic carbocycles. The summed E-state index contributed by atoms with van der Waals surface area (Å²) in [5.74, 6) is -0.0155. The van der Waals surface area contributed by atoms with Crippen molar-refractivity contribution in [2.75, 3.05) is 20.2 Å². The van der Waals surface area contributed by atoms with Gasteiger partial charge in [0.05, 0.1) is 18.6 Å². The number of hydrogen-bond acceptors (Lipinski definition) is 5. The second kappa shape index (κ2) is 6.68. The molecule has 0 bridgehead atoms. The van der Waals surface area contributed by atoms with E-state index < -0.39 is 17.7 Å². The third-order valence-electron chi connectivity index (χ3n) is 5.95. The normalized spacial score (nSPS) is 28.9. The van der Waals surface area contributed by atoms with Crippen molar-refractivity contribution in [3.63, 3.8) is 0 Å². The molecule has 140 valence electrons. The van der Waals surface area contributed by atoms with Crippen LogP contribution < -0.4 is 5.73 Å². The maximum atomic E-state index is 12.9. The lowest BCUT2D eigenvalue weighted by Gasteiger charge is -2.42. The minimum atomic E-state index is -0.763. The van der Waals surface area contributed by atoms with Gasteiger partial charge in [-0.1, -0.05) is 13.8 Å². The molecule has 2 aliphatic heterocycles. The van der Waals surface area contributed by atoms with E-state index in [-0.39, 0.29) is 30.2 Å². The molecule has 2 N–H and O–H groups in total. The quantitative estimate of drug-likeness (QED) is 0.769. The fraction of sp³-hybridized carbons (Fsp3) is 0.833. The van der Waals surface area contributed by atoms with Gasteiger partial charge in [-0.3, -0.25) is 14.4 Å². The fourth-order valence-electron chi connectivity index (χ4n) is 4.43. The van der Waals surface area contributed by atoms with Crippen molar-refractivity contribution in [1.29, 1.82) is 0 Å². The van der Waals surface area contributed by atoms with Gasteiger partial charge in [-0.2, -0.15) is 0 Å². The van der Waals surface area contributed by atoms with E-state index in [1.165, 1.54) is 0 Å². The van der Waals surface area contributed by atoms with Gasteiger partial charge in [0.15, 0.2) is 5.78 Å². The smallest absolute Gasteiger partial charge is 0.255 e. The average molecular weight is 351 g/mol. The Labute approximate surface area is 148 Å². The van der Waals surface area contributed by atoms with Crippen LogP contribution in [0.2, 0.25) is 0 Å². The van der Waals surface area contributed by atoms with E-state index in [0.717, 1.165) is 6.42 Å². The standard InChI is InChI=1S/C18H29N3O4/c1-11(2)9-12(19)16(23)20-8-5-13-15(20)14(22)10-21(13)17(24)18(25-3)6-4-7-18/h11-13,15H,4-10,19H2,1-3H3. The summed E-state index contributed by atoms with van der Waals surface area (Å²) >= 11 is 0. The third kappa shape index (κ3) is 2.97. The highest BCUT2D eigenvalue weighted by molar-refractivity contribution is 6.00. The van der Waals surface area contributed by atoms with Crippen molar-refractivity contribution in [1.82, 2.24) is 9.80 Å². The molecule has 2 saturated heterocycles. The van der Waals surface area contributed by atoms with Crippen molar-refractivity contribution in [2.24, 2.45) is 11.7 Å². The first-order valence-corrected chi connectivity index (χ1v) is 9.25. The lowest BCUT2D eigenvalue weighted by Crippen LogP contribution is -2.56. The molecule has 3 fully saturated rings. The first-order chi connectivity index (χ1) is 11.8. The van der Waals surface area contributed by atoms with E-state index in [4.69, 9.17) is 10.5 Å². The summed E-state index contributed by atoms with van der Waals surface area (Å²) in [5, 5.41) is 0. The molecule has 2 amide bonds. The molecule has 3 atom stereocenters. The lowest BCUT2D eigenvalue weighted by molar-refractivity contribution is -0.167. The zero-order valence-corrected chi connectivity index (χ0v) is 15.4. The Morgan fingerprint density at radius 2 is 2.00 bits per heavy atom. The topological polar surface area (TPSA) is 92.9 Å². The van der Waals surface area contributed by atoms with Crippen LogP contribution in [0.3, 0.4) is 0 Å². The molecule has 25 heavy (non-hydrogen) atoms. The van der Waals surface area contributed by atoms with E-state index in [9.17, 15) is 14.4 Å². The number of likely N-dealkylation sites (tertiary alicyclic amines) is 2. The van der Waals surface area contributed by atoms with Crippen LogP contribution in [0.5, 0.6) is 0 Å². The number of nitrogens with zero attached hydrogens (tertiary/aromatic N) is 2. The molecule has 0 aromatic heterocycles. The summed E-state index contributed by atoms with van der Waals surface area (Å²) in [6.07, 6.45) is 3.58. The predicted molar refractivity (Wildman–Crippen MR) is 91.6 cm³/mol. The van der Waals surface area contributed by atoms with E-state index in [2.05, 4.69) is 0 Å². The summed E-state index contributed by atoms with van der Waals surface area (Å²) in [6.45, 7) is 4.59. The van der Waals surface area contributed by atoms with Crippen molar-refractivity contribution < 1.29 is 19.1 Å². The number of ether oxygens (including phenoxy) is 1. The molecule has 0 radical (unpaired) electrons. The molecular formula is C18H29N3O4. The molecule has 1 saturated carbocycles. The highest BCUT2D eigenvalue weighted by atomic mass is 16.5. The molecule has 0 aromatic carbocycles. The van der Waals surface area contributed by atoms with Gasteiger partial charge in [0.25, 0.3) is 5.91 Å². The molecule has 0 aromatic rings. The highest BCUT2D eigenvalue weighted by Gasteiger charge is 2.56. The molecule has 0 spiro atoms. The summed E-state index contributed by atoms with van der Waals surface area (Å²) < 4.78 is 5.48. The van der Waals surface area contributed by atoms with Crippen molar-refractivity contribution in [3.8, 4) is 0 Å². The molecule has 7 nitrogen and oxygen atoms in total. The number of hydrogen-bond donors (Lipinski definition) is 1. The van der Waals surface area contributed by atoms with E-state index >= 15 is 0 Å². The Bertz CT molecular complexity index is 567. The Kier molecular flexibility index (Phi) is 4.90. The molecule has 3 aliphatic rings. The van der Waals surface area contributed by atoms with Crippen LogP contribution >= 0.6 is 0 Å². The van der Waals surface area contributed by atoms with Gasteiger partial charge in [0.2, 0.25) is 5.91 Å². The molecular weight excluding hydrogens is 322 g/mol. The Morgan fingerprint density at radius 3 is 2.52 bits per heavy atom. The maximum Gasteiger partial charge on any atom is 0.255 e. The molecule has 7 heteroatoms. The van der Waals surface area contributed by atoms with Crippen LogP contribution in [0.15, 0.2) is 0 Å². The monoisotopic (exact) mass is 351 g/mol. The van der Waals surface area contributed by atoms with Crippen LogP contribution in [-0.4, -0.2) is 71.3 Å². The third-order valence-corrected chi connectivity index (χ3v) is 5.95. The van der Waals surface area contributed by atoms with Gasteiger partial charge in [0, 0.05) is 13.7 Å². The summed E-state index contributed by atoms with van der Waals surface area (Å²) in [4.78, 5) is 41.5. The fourth-order valence-corrected chi connectivity index (χ4v) is 4.43. The molecule has 2 heterocycles. The van der Waals surface area contributed by atoms with Gasteiger partial charge >= 0.3 is 0 Å². The zero-order valence-electron chi connectivity index (χ0n) is 15.4. The van der Waals surface area contributed by atoms with Gasteiger partial charge in [-0.05, 0) is 38.0 Å². The van der Waals surface area contributed by atoms with Crippen LogP contribution in [-0.2, 0) is 19.1 Å². The van der Waals surface area contributed by atoms with Gasteiger partial charge in [0.1, 0.15) is 11.6 Å². The number of rotatable bonds is 5. The number of carbonyl (C=O) groups excluding carboxylic acids is 3. The van der Waals surface area contributed by atoms with Crippen molar-refractivity contribution in [2.45, 2.75) is 69.7 Å². The number of methoxy groups -OCH3 is 1. The second-order valence-corrected chi connectivity index (χ2v) is 8.02. The Morgan fingerprint density at radius 1 is 1.32 bits per heavy atom. The van der Waals surface area contributed by atoms with Crippen molar-refractivity contribution in [3.05, 3.63) is 0 Å². The minimum Gasteiger partial charge on any atom is -0.368 e. The number of carbonyl (C=O) groups is 3. The summed E-state index contributed by atoms with van der Waals surface area (Å²) in [5.41, 5.74) is 5.28. The predicted octanol–water partition coefficient (Wildman–Crippen LogP) is 0.310. The number of amides is 2. The van der Waals surface area contributed by atoms with E-state index in [0.29, 0.717) is 38.1 Å². The van der Waals surface area contributed by atoms with Crippen LogP contribution in [0.4, 0.5) is 0 Å². The second-order valence-electron chi connectivity index (χ2n) is 8.02. The SMILES string of the molecule is COC1(C(=O)N2CC(=O)C3C2CCN3C(=O)C(N)CC(C)C)CCC1. The molecule has 3 rings (SSSR count). The lowest BCUT2D eigenvalue weighted by atomic mass is 9.78. The average Bonchev–Trinajstić information content (AvgIpc) is 3.07. The Hall–Kier alpha value is -1.47. The summed E-state index contributed by atoms with van der Waals surface area (Å²) in [6, 6.07) is -1.36. The van der Waals surface area contributed by atoms with Crippen LogP contribution in [0.25, 0.3) is 0 Å². The minimum absolute atomic E-state index is 0.0634. The van der Waals surface area contributed by atoms with E-state index in [1.54, 1.807) is 16.9 Å².